The number of carbonyl (C=O) groups is 1. The van der Waals surface area contributed by atoms with Crippen molar-refractivity contribution < 1.29 is 22.7 Å². The Morgan fingerprint density at radius 2 is 1.83 bits per heavy atom. The highest BCUT2D eigenvalue weighted by atomic mass is 32.2. The lowest BCUT2D eigenvalue weighted by atomic mass is 9.94. The first kappa shape index (κ1) is 22.1. The maximum absolute atomic E-state index is 12.9. The number of sulfone groups is 1. The van der Waals surface area contributed by atoms with Crippen molar-refractivity contribution in [2.24, 2.45) is 5.92 Å². The molecule has 8 heteroatoms. The Kier molecular flexibility index (Phi) is 7.19. The van der Waals surface area contributed by atoms with Gasteiger partial charge in [-0.05, 0) is 58.0 Å². The van der Waals surface area contributed by atoms with Crippen LogP contribution in [0.15, 0.2) is 29.2 Å². The monoisotopic (exact) mass is 424 g/mol. The van der Waals surface area contributed by atoms with Crippen LogP contribution in [0.4, 0.5) is 0 Å². The number of amides is 1. The first-order valence-electron chi connectivity index (χ1n) is 10.3. The lowest BCUT2D eigenvalue weighted by molar-refractivity contribution is -0.148. The number of carbonyl (C=O) groups excluding carboxylic acids is 1. The average Bonchev–Trinajstić information content (AvgIpc) is 2.71. The van der Waals surface area contributed by atoms with Gasteiger partial charge in [0.2, 0.25) is 5.91 Å². The van der Waals surface area contributed by atoms with Gasteiger partial charge >= 0.3 is 0 Å². The average molecular weight is 425 g/mol. The minimum atomic E-state index is -3.36. The van der Waals surface area contributed by atoms with Crippen LogP contribution in [0.5, 0.6) is 5.75 Å². The molecule has 2 saturated heterocycles. The van der Waals surface area contributed by atoms with Crippen molar-refractivity contribution in [2.45, 2.75) is 43.8 Å². The van der Waals surface area contributed by atoms with E-state index in [2.05, 4.69) is 4.90 Å². The Hall–Kier alpha value is -1.64. The fourth-order valence-electron chi connectivity index (χ4n) is 4.18. The summed E-state index contributed by atoms with van der Waals surface area (Å²) >= 11 is 0. The lowest BCUT2D eigenvalue weighted by Gasteiger charge is -2.39. The first-order chi connectivity index (χ1) is 13.8. The molecule has 2 unspecified atom stereocenters. The molecular formula is C21H32N2O5S. The van der Waals surface area contributed by atoms with Crippen LogP contribution in [-0.4, -0.2) is 81.9 Å². The van der Waals surface area contributed by atoms with Gasteiger partial charge in [0.15, 0.2) is 9.84 Å². The quantitative estimate of drug-likeness (QED) is 0.693. The Balaban J connectivity index is 1.49. The van der Waals surface area contributed by atoms with E-state index in [-0.39, 0.29) is 34.7 Å². The molecule has 29 heavy (non-hydrogen) atoms. The molecule has 0 spiro atoms. The van der Waals surface area contributed by atoms with Crippen molar-refractivity contribution in [3.8, 4) is 5.75 Å². The van der Waals surface area contributed by atoms with Crippen molar-refractivity contribution in [1.82, 2.24) is 9.80 Å². The van der Waals surface area contributed by atoms with Crippen molar-refractivity contribution >= 4 is 15.7 Å². The van der Waals surface area contributed by atoms with E-state index < -0.39 is 9.84 Å². The number of nitrogens with zero attached hydrogens (tertiary/aromatic N) is 2. The number of piperidine rings is 1. The number of morpholine rings is 1. The second-order valence-electron chi connectivity index (χ2n) is 8.11. The summed E-state index contributed by atoms with van der Waals surface area (Å²) in [4.78, 5) is 17.2. The molecule has 3 rings (SSSR count). The summed E-state index contributed by atoms with van der Waals surface area (Å²) in [5.74, 6) is 0.851. The molecule has 0 saturated carbocycles. The number of ether oxygens (including phenoxy) is 2. The van der Waals surface area contributed by atoms with Crippen molar-refractivity contribution in [3.63, 3.8) is 0 Å². The highest BCUT2D eigenvalue weighted by Crippen LogP contribution is 2.23. The fourth-order valence-corrected chi connectivity index (χ4v) is 5.50. The van der Waals surface area contributed by atoms with E-state index in [4.69, 9.17) is 9.47 Å². The molecule has 0 bridgehead atoms. The zero-order valence-corrected chi connectivity index (χ0v) is 18.4. The lowest BCUT2D eigenvalue weighted by Crippen LogP contribution is -2.51. The summed E-state index contributed by atoms with van der Waals surface area (Å²) in [5, 5.41) is 0. The van der Waals surface area contributed by atoms with Crippen LogP contribution in [0.2, 0.25) is 0 Å². The SMILES string of the molecule is COc1cccc(S(=O)(=O)CCN2CCC(C(=O)N3CC(C)OC(C)C3)CC2)c1. The Labute approximate surface area is 173 Å². The molecule has 1 aromatic rings. The molecule has 0 N–H and O–H groups in total. The zero-order valence-electron chi connectivity index (χ0n) is 17.5. The molecule has 2 fully saturated rings. The van der Waals surface area contributed by atoms with Gasteiger partial charge in [0.05, 0.1) is 30.0 Å². The van der Waals surface area contributed by atoms with E-state index in [9.17, 15) is 13.2 Å². The number of hydrogen-bond acceptors (Lipinski definition) is 6. The molecule has 2 aliphatic heterocycles. The number of rotatable bonds is 6. The third-order valence-corrected chi connectivity index (χ3v) is 7.44. The molecule has 2 aliphatic rings. The predicted octanol–water partition coefficient (Wildman–Crippen LogP) is 1.82. The number of benzene rings is 1. The van der Waals surface area contributed by atoms with Crippen molar-refractivity contribution in [3.05, 3.63) is 24.3 Å². The van der Waals surface area contributed by atoms with Gasteiger partial charge in [-0.2, -0.15) is 0 Å². The van der Waals surface area contributed by atoms with Crippen LogP contribution in [0.25, 0.3) is 0 Å². The van der Waals surface area contributed by atoms with Crippen LogP contribution in [0.3, 0.4) is 0 Å². The summed E-state index contributed by atoms with van der Waals surface area (Å²) in [6, 6.07) is 6.59. The maximum Gasteiger partial charge on any atom is 0.225 e. The summed E-state index contributed by atoms with van der Waals surface area (Å²) in [7, 11) is -1.84. The summed E-state index contributed by atoms with van der Waals surface area (Å²) in [6.07, 6.45) is 1.70. The van der Waals surface area contributed by atoms with Gasteiger partial charge in [0.1, 0.15) is 5.75 Å². The summed E-state index contributed by atoms with van der Waals surface area (Å²) < 4.78 is 36.1. The van der Waals surface area contributed by atoms with Crippen molar-refractivity contribution in [1.29, 1.82) is 0 Å². The second kappa shape index (κ2) is 9.45. The van der Waals surface area contributed by atoms with Gasteiger partial charge in [-0.3, -0.25) is 4.79 Å². The van der Waals surface area contributed by atoms with Gasteiger partial charge < -0.3 is 19.3 Å². The Morgan fingerprint density at radius 3 is 2.45 bits per heavy atom. The summed E-state index contributed by atoms with van der Waals surface area (Å²) in [6.45, 7) is 7.29. The molecule has 2 atom stereocenters. The molecule has 2 heterocycles. The third kappa shape index (κ3) is 5.71. The Bertz CT molecular complexity index is 795. The highest BCUT2D eigenvalue weighted by Gasteiger charge is 2.32. The molecule has 162 valence electrons. The normalized spacial score (nSPS) is 24.4. The number of likely N-dealkylation sites (tertiary alicyclic amines) is 1. The highest BCUT2D eigenvalue weighted by molar-refractivity contribution is 7.91. The molecule has 7 nitrogen and oxygen atoms in total. The molecular weight excluding hydrogens is 392 g/mol. The van der Waals surface area contributed by atoms with Crippen LogP contribution in [0.1, 0.15) is 26.7 Å². The smallest absolute Gasteiger partial charge is 0.225 e. The predicted molar refractivity (Wildman–Crippen MR) is 111 cm³/mol. The molecule has 0 aliphatic carbocycles. The van der Waals surface area contributed by atoms with Gasteiger partial charge in [0.25, 0.3) is 0 Å². The first-order valence-corrected chi connectivity index (χ1v) is 12.0. The standard InChI is InChI=1S/C21H32N2O5S/c1-16-14-23(15-17(2)28-16)21(24)18-7-9-22(10-8-18)11-12-29(25,26)20-6-4-5-19(13-20)27-3/h4-6,13,16-18H,7-12,14-15H2,1-3H3. The van der Waals surface area contributed by atoms with Crippen LogP contribution >= 0.6 is 0 Å². The number of hydrogen-bond donors (Lipinski definition) is 0. The minimum absolute atomic E-state index is 0.0266. The van der Waals surface area contributed by atoms with E-state index in [0.29, 0.717) is 25.4 Å². The third-order valence-electron chi connectivity index (χ3n) is 5.74. The van der Waals surface area contributed by atoms with E-state index in [0.717, 1.165) is 25.9 Å². The van der Waals surface area contributed by atoms with E-state index in [1.165, 1.54) is 7.11 Å². The molecule has 1 aromatic carbocycles. The van der Waals surface area contributed by atoms with Gasteiger partial charge in [0, 0.05) is 25.6 Å². The topological polar surface area (TPSA) is 76.2 Å². The van der Waals surface area contributed by atoms with Gasteiger partial charge in [-0.25, -0.2) is 8.42 Å². The van der Waals surface area contributed by atoms with Crippen molar-refractivity contribution in [2.75, 3.05) is 45.6 Å². The van der Waals surface area contributed by atoms with Gasteiger partial charge in [-0.15, -0.1) is 0 Å². The van der Waals surface area contributed by atoms with E-state index in [1.807, 2.05) is 18.7 Å². The Morgan fingerprint density at radius 1 is 1.17 bits per heavy atom. The van der Waals surface area contributed by atoms with Crippen LogP contribution < -0.4 is 4.74 Å². The van der Waals surface area contributed by atoms with Crippen LogP contribution in [-0.2, 0) is 19.4 Å². The second-order valence-corrected chi connectivity index (χ2v) is 10.2. The fraction of sp³-hybridized carbons (Fsp3) is 0.667. The van der Waals surface area contributed by atoms with Crippen LogP contribution in [0, 0.1) is 5.92 Å². The zero-order chi connectivity index (χ0) is 21.0. The minimum Gasteiger partial charge on any atom is -0.497 e. The molecule has 0 aromatic heterocycles. The molecule has 1 amide bonds. The summed E-state index contributed by atoms with van der Waals surface area (Å²) in [5.41, 5.74) is 0. The van der Waals surface area contributed by atoms with E-state index in [1.54, 1.807) is 24.3 Å². The molecule has 0 radical (unpaired) electrons. The number of methoxy groups -OCH3 is 1. The maximum atomic E-state index is 12.9. The van der Waals surface area contributed by atoms with E-state index >= 15 is 0 Å². The largest absolute Gasteiger partial charge is 0.497 e. The van der Waals surface area contributed by atoms with Gasteiger partial charge in [-0.1, -0.05) is 6.07 Å².